The molecule has 0 saturated heterocycles. The van der Waals surface area contributed by atoms with E-state index in [4.69, 9.17) is 9.47 Å². The van der Waals surface area contributed by atoms with E-state index < -0.39 is 0 Å². The zero-order valence-corrected chi connectivity index (χ0v) is 8.83. The van der Waals surface area contributed by atoms with Gasteiger partial charge in [-0.2, -0.15) is 0 Å². The first-order valence-corrected chi connectivity index (χ1v) is 4.54. The minimum atomic E-state index is 0.768. The minimum Gasteiger partial charge on any atom is -0.497 e. The van der Waals surface area contributed by atoms with E-state index in [0.29, 0.717) is 0 Å². The minimum absolute atomic E-state index is 0.768. The quantitative estimate of drug-likeness (QED) is 0.777. The molecule has 0 saturated carbocycles. The summed E-state index contributed by atoms with van der Waals surface area (Å²) in [5.74, 6) is 1.66. The molecular formula is C11H16NO2. The van der Waals surface area contributed by atoms with Crippen LogP contribution in [0.5, 0.6) is 11.5 Å². The maximum Gasteiger partial charge on any atom is 0.127 e. The monoisotopic (exact) mass is 194 g/mol. The highest BCUT2D eigenvalue weighted by atomic mass is 16.5. The molecule has 1 aromatic rings. The lowest BCUT2D eigenvalue weighted by atomic mass is 10.2. The van der Waals surface area contributed by atoms with Crippen LogP contribution in [-0.2, 0) is 6.54 Å². The van der Waals surface area contributed by atoms with Crippen LogP contribution in [0.15, 0.2) is 18.2 Å². The summed E-state index contributed by atoms with van der Waals surface area (Å²) < 4.78 is 10.4. The Morgan fingerprint density at radius 3 is 2.64 bits per heavy atom. The zero-order chi connectivity index (χ0) is 10.4. The first kappa shape index (κ1) is 10.9. The van der Waals surface area contributed by atoms with Crippen LogP contribution in [-0.4, -0.2) is 14.2 Å². The Morgan fingerprint density at radius 2 is 2.07 bits per heavy atom. The second kappa shape index (κ2) is 5.50. The van der Waals surface area contributed by atoms with Crippen molar-refractivity contribution >= 4 is 0 Å². The molecule has 1 rings (SSSR count). The Bertz CT molecular complexity index is 287. The Kier molecular flexibility index (Phi) is 4.26. The Hall–Kier alpha value is -1.22. The maximum atomic E-state index is 5.25. The molecule has 14 heavy (non-hydrogen) atoms. The van der Waals surface area contributed by atoms with Gasteiger partial charge in [0.05, 0.1) is 14.2 Å². The normalized spacial score (nSPS) is 9.93. The number of methoxy groups -OCH3 is 2. The van der Waals surface area contributed by atoms with E-state index in [1.165, 1.54) is 0 Å². The van der Waals surface area contributed by atoms with Crippen molar-refractivity contribution in [2.24, 2.45) is 0 Å². The second-order valence-corrected chi connectivity index (χ2v) is 2.85. The summed E-state index contributed by atoms with van der Waals surface area (Å²) in [5, 5.41) is 3.13. The number of benzene rings is 1. The van der Waals surface area contributed by atoms with Crippen molar-refractivity contribution in [1.29, 1.82) is 0 Å². The van der Waals surface area contributed by atoms with E-state index in [9.17, 15) is 0 Å². The fraction of sp³-hybridized carbons (Fsp3) is 0.364. The summed E-state index contributed by atoms with van der Waals surface area (Å²) in [6.07, 6.45) is 0. The molecule has 0 bridgehead atoms. The van der Waals surface area contributed by atoms with Gasteiger partial charge in [-0.1, -0.05) is 6.07 Å². The highest BCUT2D eigenvalue weighted by Crippen LogP contribution is 2.24. The Labute approximate surface area is 85.0 Å². The van der Waals surface area contributed by atoms with E-state index in [-0.39, 0.29) is 0 Å². The van der Waals surface area contributed by atoms with Gasteiger partial charge in [-0.05, 0) is 13.0 Å². The molecule has 0 spiro atoms. The van der Waals surface area contributed by atoms with Crippen molar-refractivity contribution in [1.82, 2.24) is 5.32 Å². The third kappa shape index (κ3) is 2.64. The average Bonchev–Trinajstić information content (AvgIpc) is 2.26. The summed E-state index contributed by atoms with van der Waals surface area (Å²) in [4.78, 5) is 0. The van der Waals surface area contributed by atoms with Crippen molar-refractivity contribution in [2.45, 2.75) is 13.5 Å². The number of nitrogens with one attached hydrogen (secondary N) is 1. The highest BCUT2D eigenvalue weighted by molar-refractivity contribution is 5.40. The molecule has 0 fully saturated rings. The molecule has 0 aliphatic heterocycles. The maximum absolute atomic E-state index is 5.25. The second-order valence-electron chi connectivity index (χ2n) is 2.85. The summed E-state index contributed by atoms with van der Waals surface area (Å²) in [7, 11) is 3.31. The van der Waals surface area contributed by atoms with Crippen LogP contribution in [0, 0.1) is 6.54 Å². The van der Waals surface area contributed by atoms with Gasteiger partial charge in [0, 0.05) is 24.7 Å². The third-order valence-electron chi connectivity index (χ3n) is 1.99. The predicted octanol–water partition coefficient (Wildman–Crippen LogP) is 1.98. The molecule has 1 aromatic carbocycles. The topological polar surface area (TPSA) is 30.5 Å². The van der Waals surface area contributed by atoms with Gasteiger partial charge in [0.25, 0.3) is 0 Å². The van der Waals surface area contributed by atoms with Gasteiger partial charge in [-0.25, -0.2) is 0 Å². The lowest BCUT2D eigenvalue weighted by Crippen LogP contribution is -2.08. The van der Waals surface area contributed by atoms with Crippen molar-refractivity contribution in [3.05, 3.63) is 30.3 Å². The number of hydrogen-bond donors (Lipinski definition) is 1. The molecule has 0 atom stereocenters. The van der Waals surface area contributed by atoms with Gasteiger partial charge in [0.2, 0.25) is 0 Å². The largest absolute Gasteiger partial charge is 0.497 e. The molecule has 0 aliphatic rings. The molecule has 3 nitrogen and oxygen atoms in total. The first-order chi connectivity index (χ1) is 6.81. The fourth-order valence-electron chi connectivity index (χ4n) is 1.21. The van der Waals surface area contributed by atoms with Gasteiger partial charge < -0.3 is 14.8 Å². The van der Waals surface area contributed by atoms with Crippen LogP contribution in [0.4, 0.5) is 0 Å². The van der Waals surface area contributed by atoms with E-state index in [2.05, 4.69) is 5.32 Å². The van der Waals surface area contributed by atoms with Crippen molar-refractivity contribution in [2.75, 3.05) is 14.2 Å². The standard InChI is InChI=1S/C11H16NO2/c1-4-12-8-9-5-6-10(13-2)7-11(9)14-3/h4-7,12H,8H2,1-3H3. The molecule has 3 heteroatoms. The molecular weight excluding hydrogens is 178 g/mol. The van der Waals surface area contributed by atoms with Crippen LogP contribution in [0.3, 0.4) is 0 Å². The van der Waals surface area contributed by atoms with Crippen LogP contribution in [0.1, 0.15) is 12.5 Å². The predicted molar refractivity (Wildman–Crippen MR) is 56.4 cm³/mol. The van der Waals surface area contributed by atoms with Crippen molar-refractivity contribution in [3.63, 3.8) is 0 Å². The van der Waals surface area contributed by atoms with E-state index in [1.54, 1.807) is 14.2 Å². The Balaban J connectivity index is 2.82. The van der Waals surface area contributed by atoms with Gasteiger partial charge in [0.1, 0.15) is 11.5 Å². The van der Waals surface area contributed by atoms with Crippen molar-refractivity contribution < 1.29 is 9.47 Å². The lowest BCUT2D eigenvalue weighted by Gasteiger charge is -2.10. The van der Waals surface area contributed by atoms with Crippen LogP contribution in [0.2, 0.25) is 0 Å². The van der Waals surface area contributed by atoms with Crippen LogP contribution >= 0.6 is 0 Å². The van der Waals surface area contributed by atoms with Crippen LogP contribution < -0.4 is 14.8 Å². The molecule has 0 heterocycles. The third-order valence-corrected chi connectivity index (χ3v) is 1.99. The summed E-state index contributed by atoms with van der Waals surface area (Å²) >= 11 is 0. The summed E-state index contributed by atoms with van der Waals surface area (Å²) in [5.41, 5.74) is 1.12. The SMILES string of the molecule is C[CH]NCc1ccc(OC)cc1OC. The van der Waals surface area contributed by atoms with E-state index in [1.807, 2.05) is 31.7 Å². The van der Waals surface area contributed by atoms with E-state index in [0.717, 1.165) is 23.6 Å². The molecule has 1 radical (unpaired) electrons. The molecule has 1 N–H and O–H groups in total. The van der Waals surface area contributed by atoms with Gasteiger partial charge in [-0.3, -0.25) is 0 Å². The zero-order valence-electron chi connectivity index (χ0n) is 8.83. The first-order valence-electron chi connectivity index (χ1n) is 4.54. The molecule has 0 aromatic heterocycles. The molecule has 0 unspecified atom stereocenters. The summed E-state index contributed by atoms with van der Waals surface area (Å²) in [6.45, 7) is 4.63. The van der Waals surface area contributed by atoms with Gasteiger partial charge in [-0.15, -0.1) is 0 Å². The number of ether oxygens (including phenoxy) is 2. The fourth-order valence-corrected chi connectivity index (χ4v) is 1.21. The summed E-state index contributed by atoms with van der Waals surface area (Å²) in [6, 6.07) is 5.80. The van der Waals surface area contributed by atoms with E-state index >= 15 is 0 Å². The van der Waals surface area contributed by atoms with Crippen LogP contribution in [0.25, 0.3) is 0 Å². The Morgan fingerprint density at radius 1 is 1.29 bits per heavy atom. The van der Waals surface area contributed by atoms with Crippen molar-refractivity contribution in [3.8, 4) is 11.5 Å². The number of rotatable bonds is 5. The lowest BCUT2D eigenvalue weighted by molar-refractivity contribution is 0.390. The highest BCUT2D eigenvalue weighted by Gasteiger charge is 2.03. The average molecular weight is 194 g/mol. The smallest absolute Gasteiger partial charge is 0.127 e. The molecule has 0 aliphatic carbocycles. The van der Waals surface area contributed by atoms with Gasteiger partial charge >= 0.3 is 0 Å². The molecule has 77 valence electrons. The molecule has 0 amide bonds. The number of hydrogen-bond acceptors (Lipinski definition) is 3. The van der Waals surface area contributed by atoms with Gasteiger partial charge in [0.15, 0.2) is 0 Å².